The number of carbonyl (C=O) groups excluding carboxylic acids is 1. The first-order chi connectivity index (χ1) is 8.85. The zero-order valence-electron chi connectivity index (χ0n) is 12.0. The van der Waals surface area contributed by atoms with Gasteiger partial charge in [-0.15, -0.1) is 0 Å². The Morgan fingerprint density at radius 2 is 1.89 bits per heavy atom. The highest BCUT2D eigenvalue weighted by Gasteiger charge is 2.47. The van der Waals surface area contributed by atoms with Gasteiger partial charge in [0.05, 0.1) is 11.0 Å². The molecule has 1 amide bonds. The number of carbonyl (C=O) groups is 1. The average molecular weight is 261 g/mol. The van der Waals surface area contributed by atoms with Crippen LogP contribution in [-0.4, -0.2) is 35.1 Å². The van der Waals surface area contributed by atoms with Crippen LogP contribution in [0.2, 0.25) is 0 Å². The van der Waals surface area contributed by atoms with Crippen molar-refractivity contribution in [2.75, 3.05) is 13.6 Å². The fraction of sp³-hybridized carbons (Fsp3) is 0.562. The molecule has 0 heterocycles. The van der Waals surface area contributed by atoms with Crippen molar-refractivity contribution in [1.29, 1.82) is 0 Å². The van der Waals surface area contributed by atoms with Gasteiger partial charge in [0.2, 0.25) is 5.91 Å². The number of rotatable bonds is 4. The van der Waals surface area contributed by atoms with Crippen LogP contribution in [0.1, 0.15) is 38.7 Å². The highest BCUT2D eigenvalue weighted by atomic mass is 16.3. The summed E-state index contributed by atoms with van der Waals surface area (Å²) in [5.41, 5.74) is -0.110. The van der Waals surface area contributed by atoms with E-state index < -0.39 is 5.60 Å². The highest BCUT2D eigenvalue weighted by Crippen LogP contribution is 2.45. The van der Waals surface area contributed by atoms with E-state index in [1.807, 2.05) is 30.3 Å². The Balaban J connectivity index is 2.20. The van der Waals surface area contributed by atoms with E-state index in [1.165, 1.54) is 0 Å². The molecule has 0 bridgehead atoms. The Morgan fingerprint density at radius 3 is 2.32 bits per heavy atom. The van der Waals surface area contributed by atoms with Crippen molar-refractivity contribution < 1.29 is 9.90 Å². The molecule has 0 aliphatic heterocycles. The smallest absolute Gasteiger partial charge is 0.233 e. The van der Waals surface area contributed by atoms with Crippen LogP contribution in [0, 0.1) is 0 Å². The van der Waals surface area contributed by atoms with Crippen molar-refractivity contribution in [1.82, 2.24) is 4.90 Å². The summed E-state index contributed by atoms with van der Waals surface area (Å²) in [5, 5.41) is 9.87. The average Bonchev–Trinajstić information content (AvgIpc) is 2.26. The minimum Gasteiger partial charge on any atom is -0.389 e. The Kier molecular flexibility index (Phi) is 3.68. The molecule has 1 N–H and O–H groups in total. The number of hydrogen-bond donors (Lipinski definition) is 1. The summed E-state index contributed by atoms with van der Waals surface area (Å²) in [7, 11) is 1.78. The van der Waals surface area contributed by atoms with Gasteiger partial charge in [-0.3, -0.25) is 4.79 Å². The number of benzene rings is 1. The zero-order chi connectivity index (χ0) is 14.1. The molecule has 0 atom stereocenters. The van der Waals surface area contributed by atoms with Gasteiger partial charge in [-0.1, -0.05) is 36.8 Å². The van der Waals surface area contributed by atoms with Gasteiger partial charge in [0.25, 0.3) is 0 Å². The minimum atomic E-state index is -0.855. The van der Waals surface area contributed by atoms with Gasteiger partial charge in [-0.05, 0) is 32.3 Å². The molecular weight excluding hydrogens is 238 g/mol. The first-order valence-corrected chi connectivity index (χ1v) is 6.89. The Bertz CT molecular complexity index is 444. The minimum absolute atomic E-state index is 0.132. The maximum atomic E-state index is 12.7. The van der Waals surface area contributed by atoms with Crippen LogP contribution in [-0.2, 0) is 10.2 Å². The first kappa shape index (κ1) is 14.1. The second kappa shape index (κ2) is 4.97. The summed E-state index contributed by atoms with van der Waals surface area (Å²) < 4.78 is 0. The highest BCUT2D eigenvalue weighted by molar-refractivity contribution is 5.89. The molecule has 1 aromatic carbocycles. The fourth-order valence-electron chi connectivity index (χ4n) is 2.93. The summed E-state index contributed by atoms with van der Waals surface area (Å²) in [5.74, 6) is 0.132. The molecule has 1 saturated carbocycles. The quantitative estimate of drug-likeness (QED) is 0.903. The number of aliphatic hydroxyl groups is 1. The molecule has 0 aromatic heterocycles. The van der Waals surface area contributed by atoms with Crippen molar-refractivity contribution in [3.63, 3.8) is 0 Å². The van der Waals surface area contributed by atoms with Crippen molar-refractivity contribution in [3.05, 3.63) is 35.9 Å². The number of likely N-dealkylation sites (N-methyl/N-ethyl adjacent to an activating group) is 1. The lowest BCUT2D eigenvalue weighted by Gasteiger charge is -2.44. The molecule has 3 heteroatoms. The molecule has 19 heavy (non-hydrogen) atoms. The first-order valence-electron chi connectivity index (χ1n) is 6.89. The Morgan fingerprint density at radius 1 is 1.32 bits per heavy atom. The van der Waals surface area contributed by atoms with Crippen LogP contribution >= 0.6 is 0 Å². The maximum absolute atomic E-state index is 12.7. The van der Waals surface area contributed by atoms with Crippen molar-refractivity contribution in [2.24, 2.45) is 0 Å². The molecule has 3 nitrogen and oxygen atoms in total. The Labute approximate surface area is 115 Å². The third-order valence-corrected chi connectivity index (χ3v) is 3.91. The second-order valence-corrected chi connectivity index (χ2v) is 6.28. The molecule has 1 aliphatic rings. The fourth-order valence-corrected chi connectivity index (χ4v) is 2.93. The van der Waals surface area contributed by atoms with Crippen molar-refractivity contribution in [2.45, 2.75) is 44.1 Å². The molecule has 1 aromatic rings. The number of amides is 1. The molecular formula is C16H23NO2. The maximum Gasteiger partial charge on any atom is 0.233 e. The monoisotopic (exact) mass is 261 g/mol. The van der Waals surface area contributed by atoms with E-state index in [0.29, 0.717) is 6.54 Å². The number of hydrogen-bond acceptors (Lipinski definition) is 2. The predicted molar refractivity (Wildman–Crippen MR) is 75.9 cm³/mol. The van der Waals surface area contributed by atoms with E-state index in [2.05, 4.69) is 0 Å². The second-order valence-electron chi connectivity index (χ2n) is 6.28. The third kappa shape index (κ3) is 2.81. The molecule has 2 rings (SSSR count). The summed E-state index contributed by atoms with van der Waals surface area (Å²) in [4.78, 5) is 14.4. The summed E-state index contributed by atoms with van der Waals surface area (Å²) in [6, 6.07) is 10.0. The van der Waals surface area contributed by atoms with Gasteiger partial charge < -0.3 is 10.0 Å². The molecule has 0 radical (unpaired) electrons. The van der Waals surface area contributed by atoms with Crippen molar-refractivity contribution in [3.8, 4) is 0 Å². The molecule has 0 unspecified atom stereocenters. The van der Waals surface area contributed by atoms with E-state index in [4.69, 9.17) is 0 Å². The normalized spacial score (nSPS) is 17.7. The van der Waals surface area contributed by atoms with E-state index in [1.54, 1.807) is 25.8 Å². The topological polar surface area (TPSA) is 40.5 Å². The molecule has 1 fully saturated rings. The molecule has 0 spiro atoms. The summed E-state index contributed by atoms with van der Waals surface area (Å²) in [6.45, 7) is 3.82. The van der Waals surface area contributed by atoms with Crippen molar-refractivity contribution >= 4 is 5.91 Å². The van der Waals surface area contributed by atoms with Gasteiger partial charge in [0, 0.05) is 13.6 Å². The Hall–Kier alpha value is -1.35. The largest absolute Gasteiger partial charge is 0.389 e. The van der Waals surface area contributed by atoms with Gasteiger partial charge in [-0.2, -0.15) is 0 Å². The van der Waals surface area contributed by atoms with Gasteiger partial charge in [-0.25, -0.2) is 0 Å². The zero-order valence-corrected chi connectivity index (χ0v) is 12.0. The van der Waals surface area contributed by atoms with Crippen LogP contribution in [0.4, 0.5) is 0 Å². The molecule has 104 valence electrons. The van der Waals surface area contributed by atoms with Crippen LogP contribution < -0.4 is 0 Å². The summed E-state index contributed by atoms with van der Waals surface area (Å²) in [6.07, 6.45) is 2.91. The summed E-state index contributed by atoms with van der Waals surface area (Å²) >= 11 is 0. The van der Waals surface area contributed by atoms with E-state index in [-0.39, 0.29) is 11.3 Å². The van der Waals surface area contributed by atoms with E-state index in [9.17, 15) is 9.90 Å². The lowest BCUT2D eigenvalue weighted by atomic mass is 9.63. The van der Waals surface area contributed by atoms with Gasteiger partial charge in [0.1, 0.15) is 0 Å². The van der Waals surface area contributed by atoms with Crippen LogP contribution in [0.3, 0.4) is 0 Å². The van der Waals surface area contributed by atoms with E-state index in [0.717, 1.165) is 24.8 Å². The molecule has 0 saturated heterocycles. The van der Waals surface area contributed by atoms with Crippen LogP contribution in [0.15, 0.2) is 30.3 Å². The SMILES string of the molecule is CN(CC(C)(C)O)C(=O)C1(c2ccccc2)CCC1. The lowest BCUT2D eigenvalue weighted by molar-refractivity contribution is -0.142. The lowest BCUT2D eigenvalue weighted by Crippen LogP contribution is -2.52. The van der Waals surface area contributed by atoms with Gasteiger partial charge in [0.15, 0.2) is 0 Å². The van der Waals surface area contributed by atoms with Crippen LogP contribution in [0.5, 0.6) is 0 Å². The number of nitrogens with zero attached hydrogens (tertiary/aromatic N) is 1. The van der Waals surface area contributed by atoms with Gasteiger partial charge >= 0.3 is 0 Å². The van der Waals surface area contributed by atoms with E-state index >= 15 is 0 Å². The predicted octanol–water partition coefficient (Wildman–Crippen LogP) is 2.34. The standard InChI is InChI=1S/C16H23NO2/c1-15(2,19)12-17(3)14(18)16(10-7-11-16)13-8-5-4-6-9-13/h4-6,8-9,19H,7,10-12H2,1-3H3. The van der Waals surface area contributed by atoms with Crippen LogP contribution in [0.25, 0.3) is 0 Å². The molecule has 1 aliphatic carbocycles. The third-order valence-electron chi connectivity index (χ3n) is 3.91.